The van der Waals surface area contributed by atoms with Crippen LogP contribution in [-0.4, -0.2) is 47.9 Å². The fourth-order valence-corrected chi connectivity index (χ4v) is 4.06. The molecule has 2 saturated heterocycles. The molecule has 4 nitrogen and oxygen atoms in total. The third-order valence-corrected chi connectivity index (χ3v) is 5.31. The summed E-state index contributed by atoms with van der Waals surface area (Å²) in [6.45, 7) is 6.08. The van der Waals surface area contributed by atoms with Crippen LogP contribution in [0, 0.1) is 6.92 Å². The summed E-state index contributed by atoms with van der Waals surface area (Å²) < 4.78 is 0. The van der Waals surface area contributed by atoms with Crippen LogP contribution in [0.2, 0.25) is 0 Å². The van der Waals surface area contributed by atoms with Crippen molar-refractivity contribution in [1.29, 1.82) is 0 Å². The molecule has 0 aromatic carbocycles. The number of amides is 1. The summed E-state index contributed by atoms with van der Waals surface area (Å²) >= 11 is 1.52. The molecule has 3 rings (SSSR count). The van der Waals surface area contributed by atoms with Gasteiger partial charge in [-0.15, -0.1) is 11.3 Å². The van der Waals surface area contributed by atoms with E-state index in [-0.39, 0.29) is 5.91 Å². The third kappa shape index (κ3) is 2.49. The van der Waals surface area contributed by atoms with Gasteiger partial charge in [-0.2, -0.15) is 0 Å². The van der Waals surface area contributed by atoms with Gasteiger partial charge in [0.1, 0.15) is 0 Å². The molecule has 1 atom stereocenters. The third-order valence-electron chi connectivity index (χ3n) is 4.26. The second-order valence-corrected chi connectivity index (χ2v) is 6.82. The molecule has 0 saturated carbocycles. The van der Waals surface area contributed by atoms with E-state index in [1.165, 1.54) is 30.7 Å². The average Bonchev–Trinajstić information content (AvgIpc) is 2.90. The van der Waals surface area contributed by atoms with E-state index in [2.05, 4.69) is 4.90 Å². The van der Waals surface area contributed by atoms with Crippen molar-refractivity contribution >= 4 is 22.9 Å². The van der Waals surface area contributed by atoms with Gasteiger partial charge in [0.25, 0.3) is 5.91 Å². The summed E-state index contributed by atoms with van der Waals surface area (Å²) in [6.07, 6.45) is 3.59. The second-order valence-electron chi connectivity index (χ2n) is 5.56. The first-order chi connectivity index (χ1) is 9.15. The first-order valence-electron chi connectivity index (χ1n) is 7.04. The second kappa shape index (κ2) is 5.13. The molecule has 0 radical (unpaired) electrons. The molecule has 1 unspecified atom stereocenters. The van der Waals surface area contributed by atoms with Crippen LogP contribution in [0.3, 0.4) is 0 Å². The summed E-state index contributed by atoms with van der Waals surface area (Å²) in [5.41, 5.74) is 6.60. The number of fused-ring (bicyclic) bond motifs is 1. The van der Waals surface area contributed by atoms with Gasteiger partial charge >= 0.3 is 0 Å². The van der Waals surface area contributed by atoms with Crippen LogP contribution >= 0.6 is 11.3 Å². The highest BCUT2D eigenvalue weighted by Crippen LogP contribution is 2.27. The Bertz CT molecular complexity index is 466. The zero-order valence-electron chi connectivity index (χ0n) is 11.4. The van der Waals surface area contributed by atoms with Crippen LogP contribution in [0.5, 0.6) is 0 Å². The monoisotopic (exact) mass is 279 g/mol. The quantitative estimate of drug-likeness (QED) is 0.855. The van der Waals surface area contributed by atoms with Crippen molar-refractivity contribution in [2.24, 2.45) is 0 Å². The summed E-state index contributed by atoms with van der Waals surface area (Å²) in [5.74, 6) is 0.165. The van der Waals surface area contributed by atoms with Crippen molar-refractivity contribution in [3.63, 3.8) is 0 Å². The number of hydrogen-bond donors (Lipinski definition) is 1. The fourth-order valence-electron chi connectivity index (χ4n) is 3.15. The maximum absolute atomic E-state index is 12.6. The Morgan fingerprint density at radius 3 is 2.89 bits per heavy atom. The summed E-state index contributed by atoms with van der Waals surface area (Å²) in [6, 6.07) is 2.41. The fraction of sp³-hybridized carbons (Fsp3) is 0.643. The summed E-state index contributed by atoms with van der Waals surface area (Å²) in [7, 11) is 0. The summed E-state index contributed by atoms with van der Waals surface area (Å²) in [4.78, 5) is 19.0. The van der Waals surface area contributed by atoms with Gasteiger partial charge in [-0.25, -0.2) is 0 Å². The zero-order chi connectivity index (χ0) is 13.4. The minimum Gasteiger partial charge on any atom is -0.398 e. The first kappa shape index (κ1) is 12.9. The molecular formula is C14H21N3OS. The van der Waals surface area contributed by atoms with Gasteiger partial charge in [0.2, 0.25) is 0 Å². The van der Waals surface area contributed by atoms with Gasteiger partial charge in [-0.1, -0.05) is 0 Å². The van der Waals surface area contributed by atoms with Gasteiger partial charge in [0, 0.05) is 36.2 Å². The molecule has 2 aliphatic heterocycles. The molecule has 5 heteroatoms. The molecule has 1 amide bonds. The number of aryl methyl sites for hydroxylation is 1. The van der Waals surface area contributed by atoms with Gasteiger partial charge in [0.15, 0.2) is 0 Å². The number of nitrogen functional groups attached to an aromatic ring is 1. The molecule has 19 heavy (non-hydrogen) atoms. The maximum Gasteiger partial charge on any atom is 0.264 e. The predicted octanol–water partition coefficient (Wildman–Crippen LogP) is 1.95. The van der Waals surface area contributed by atoms with Crippen molar-refractivity contribution in [3.05, 3.63) is 15.8 Å². The normalized spacial score (nSPS) is 24.3. The molecule has 0 aliphatic carbocycles. The van der Waals surface area contributed by atoms with Crippen molar-refractivity contribution in [2.45, 2.75) is 32.2 Å². The Morgan fingerprint density at radius 1 is 1.37 bits per heavy atom. The Hall–Kier alpha value is -1.07. The van der Waals surface area contributed by atoms with Crippen molar-refractivity contribution < 1.29 is 4.79 Å². The lowest BCUT2D eigenvalue weighted by molar-refractivity contribution is 0.0748. The van der Waals surface area contributed by atoms with Crippen molar-refractivity contribution in [2.75, 3.05) is 31.9 Å². The van der Waals surface area contributed by atoms with E-state index in [0.717, 1.165) is 41.5 Å². The highest BCUT2D eigenvalue weighted by Gasteiger charge is 2.31. The predicted molar refractivity (Wildman–Crippen MR) is 78.6 cm³/mol. The summed E-state index contributed by atoms with van der Waals surface area (Å²) in [5, 5.41) is 0. The lowest BCUT2D eigenvalue weighted by Gasteiger charge is -2.25. The van der Waals surface area contributed by atoms with Gasteiger partial charge in [-0.05, 0) is 38.8 Å². The molecule has 104 valence electrons. The topological polar surface area (TPSA) is 49.6 Å². The number of thiophene rings is 1. The van der Waals surface area contributed by atoms with E-state index in [4.69, 9.17) is 5.73 Å². The van der Waals surface area contributed by atoms with Gasteiger partial charge in [-0.3, -0.25) is 9.69 Å². The van der Waals surface area contributed by atoms with Crippen LogP contribution in [0.25, 0.3) is 0 Å². The smallest absolute Gasteiger partial charge is 0.264 e. The van der Waals surface area contributed by atoms with Crippen LogP contribution in [0.1, 0.15) is 33.8 Å². The van der Waals surface area contributed by atoms with E-state index in [1.54, 1.807) is 0 Å². The number of carbonyl (C=O) groups is 1. The van der Waals surface area contributed by atoms with E-state index in [9.17, 15) is 4.79 Å². The minimum atomic E-state index is 0.165. The largest absolute Gasteiger partial charge is 0.398 e. The number of nitrogens with two attached hydrogens (primary N) is 1. The average molecular weight is 279 g/mol. The Morgan fingerprint density at radius 2 is 2.16 bits per heavy atom. The van der Waals surface area contributed by atoms with Gasteiger partial charge < -0.3 is 10.6 Å². The molecule has 2 N–H and O–H groups in total. The molecule has 1 aromatic rings. The van der Waals surface area contributed by atoms with Crippen LogP contribution in [0.4, 0.5) is 5.69 Å². The minimum absolute atomic E-state index is 0.165. The van der Waals surface area contributed by atoms with E-state index >= 15 is 0 Å². The Labute approximate surface area is 118 Å². The van der Waals surface area contributed by atoms with Crippen LogP contribution in [-0.2, 0) is 0 Å². The zero-order valence-corrected chi connectivity index (χ0v) is 12.2. The number of hydrogen-bond acceptors (Lipinski definition) is 4. The maximum atomic E-state index is 12.6. The standard InChI is InChI=1S/C14H21N3OS/c1-10-12(15)8-13(19-10)14(18)17-7-3-6-16-5-2-4-11(16)9-17/h8,11H,2-7,9,15H2,1H3. The molecule has 2 aliphatic rings. The SMILES string of the molecule is Cc1sc(C(=O)N2CCCN3CCCC3C2)cc1N. The van der Waals surface area contributed by atoms with Crippen LogP contribution in [0.15, 0.2) is 6.07 Å². The van der Waals surface area contributed by atoms with E-state index in [0.29, 0.717) is 6.04 Å². The molecule has 1 aromatic heterocycles. The lowest BCUT2D eigenvalue weighted by Crippen LogP contribution is -2.39. The van der Waals surface area contributed by atoms with Crippen LogP contribution < -0.4 is 5.73 Å². The Kier molecular flexibility index (Phi) is 3.50. The number of rotatable bonds is 1. The Balaban J connectivity index is 1.75. The first-order valence-corrected chi connectivity index (χ1v) is 7.86. The molecule has 0 bridgehead atoms. The van der Waals surface area contributed by atoms with Crippen molar-refractivity contribution in [3.8, 4) is 0 Å². The molecule has 2 fully saturated rings. The highest BCUT2D eigenvalue weighted by molar-refractivity contribution is 7.14. The molecule has 3 heterocycles. The highest BCUT2D eigenvalue weighted by atomic mass is 32.1. The number of nitrogens with zero attached hydrogens (tertiary/aromatic N) is 2. The van der Waals surface area contributed by atoms with Crippen molar-refractivity contribution in [1.82, 2.24) is 9.80 Å². The van der Waals surface area contributed by atoms with Gasteiger partial charge in [0.05, 0.1) is 4.88 Å². The van der Waals surface area contributed by atoms with E-state index in [1.807, 2.05) is 17.9 Å². The molecular weight excluding hydrogens is 258 g/mol. The molecule has 0 spiro atoms. The lowest BCUT2D eigenvalue weighted by atomic mass is 10.2. The number of carbonyl (C=O) groups excluding carboxylic acids is 1. The number of anilines is 1. The van der Waals surface area contributed by atoms with E-state index < -0.39 is 0 Å².